The molecule has 1 aliphatic heterocycles. The van der Waals surface area contributed by atoms with Crippen LogP contribution in [0.1, 0.15) is 43.5 Å². The number of carbonyl (C=O) groups is 4. The number of carboxylic acid groups (broad SMARTS) is 2. The number of aliphatic hydroxyl groups excluding tert-OH is 6. The van der Waals surface area contributed by atoms with Crippen molar-refractivity contribution >= 4 is 23.6 Å². The van der Waals surface area contributed by atoms with Crippen LogP contribution in [-0.4, -0.2) is 175 Å². The number of hydrogen-bond acceptors (Lipinski definition) is 14. The standard InChI is InChI=1S/C31H51N5O12.Mn/c1-34-9-11-35(25(28(45)46)6-5-24(43)13-30(16-37,17-38)18-39)14-22-3-2-4-23(32-22)15-36(12-10-34)26(29(47)48)7-8-27(44)33-31(19-40,20-41)21-42;/h2-4,25-26,37-42H,5-21H2,1H3,(H,33,44)(H,45,46)(H,47,48);. The first kappa shape index (κ1) is 44.4. The van der Waals surface area contributed by atoms with E-state index < -0.39 is 86.3 Å². The summed E-state index contributed by atoms with van der Waals surface area (Å²) in [5.74, 6) is -3.34. The molecule has 2 atom stereocenters. The summed E-state index contributed by atoms with van der Waals surface area (Å²) >= 11 is 0. The zero-order chi connectivity index (χ0) is 35.9. The van der Waals surface area contributed by atoms with Gasteiger partial charge in [0.2, 0.25) is 5.91 Å². The molecule has 1 radical (unpaired) electrons. The van der Waals surface area contributed by atoms with Gasteiger partial charge in [0, 0.05) is 81.0 Å². The van der Waals surface area contributed by atoms with Crippen LogP contribution in [-0.2, 0) is 49.3 Å². The van der Waals surface area contributed by atoms with Crippen molar-refractivity contribution in [2.75, 3.05) is 72.9 Å². The summed E-state index contributed by atoms with van der Waals surface area (Å²) in [6.45, 7) is -2.42. The van der Waals surface area contributed by atoms with Gasteiger partial charge in [-0.1, -0.05) is 6.07 Å². The minimum Gasteiger partial charge on any atom is -0.480 e. The monoisotopic (exact) mass is 740 g/mol. The van der Waals surface area contributed by atoms with Crippen molar-refractivity contribution in [3.63, 3.8) is 0 Å². The smallest absolute Gasteiger partial charge is 0.320 e. The molecule has 2 heterocycles. The number of hydrogen-bond donors (Lipinski definition) is 9. The van der Waals surface area contributed by atoms with Crippen molar-refractivity contribution in [3.8, 4) is 0 Å². The van der Waals surface area contributed by atoms with Crippen LogP contribution >= 0.6 is 0 Å². The fourth-order valence-electron chi connectivity index (χ4n) is 5.46. The molecule has 1 aromatic heterocycles. The van der Waals surface area contributed by atoms with E-state index in [2.05, 4.69) is 10.3 Å². The third-order valence-electron chi connectivity index (χ3n) is 8.82. The van der Waals surface area contributed by atoms with Gasteiger partial charge in [0.15, 0.2) is 0 Å². The molecule has 0 aliphatic carbocycles. The second-order valence-electron chi connectivity index (χ2n) is 12.6. The third kappa shape index (κ3) is 13.6. The quantitative estimate of drug-likeness (QED) is 0.0634. The number of Topliss-reactive ketones (excluding diaryl/α,β-unsaturated/α-hetero) is 1. The summed E-state index contributed by atoms with van der Waals surface area (Å²) < 4.78 is 0. The summed E-state index contributed by atoms with van der Waals surface area (Å²) in [4.78, 5) is 60.1. The largest absolute Gasteiger partial charge is 0.480 e. The van der Waals surface area contributed by atoms with Crippen LogP contribution in [0.15, 0.2) is 18.2 Å². The topological polar surface area (TPSA) is 265 Å². The number of carbonyl (C=O) groups excluding carboxylic acids is 2. The van der Waals surface area contributed by atoms with Crippen molar-refractivity contribution in [1.29, 1.82) is 0 Å². The SMILES string of the molecule is CN1CCN(C(CCC(=O)CC(CO)(CO)CO)C(=O)O)Cc2cccc(n2)CN(C(CCC(=O)NC(CO)(CO)CO)C(=O)O)CC1.[Mn]. The summed E-state index contributed by atoms with van der Waals surface area (Å²) in [5, 5.41) is 79.9. The number of nitrogens with zero attached hydrogens (tertiary/aromatic N) is 4. The van der Waals surface area contributed by atoms with Crippen LogP contribution in [0.3, 0.4) is 0 Å². The number of aliphatic hydroxyl groups is 6. The van der Waals surface area contributed by atoms with Gasteiger partial charge in [-0.15, -0.1) is 0 Å². The van der Waals surface area contributed by atoms with Gasteiger partial charge >= 0.3 is 11.9 Å². The molecule has 18 heteroatoms. The molecule has 9 N–H and O–H groups in total. The van der Waals surface area contributed by atoms with E-state index in [1.807, 2.05) is 4.90 Å². The number of aromatic nitrogens is 1. The normalized spacial score (nSPS) is 16.8. The van der Waals surface area contributed by atoms with E-state index in [0.717, 1.165) is 0 Å². The molecule has 17 nitrogen and oxygen atoms in total. The van der Waals surface area contributed by atoms with Crippen LogP contribution in [0.2, 0.25) is 0 Å². The van der Waals surface area contributed by atoms with Gasteiger partial charge in [0.05, 0.1) is 51.0 Å². The van der Waals surface area contributed by atoms with Crippen molar-refractivity contribution in [1.82, 2.24) is 25.0 Å². The Morgan fingerprint density at radius 3 is 1.61 bits per heavy atom. The molecule has 0 saturated heterocycles. The number of likely N-dealkylation sites (N-methyl/N-ethyl adjacent to an activating group) is 1. The molecule has 1 amide bonds. The van der Waals surface area contributed by atoms with Gasteiger partial charge in [-0.3, -0.25) is 34.0 Å². The van der Waals surface area contributed by atoms with Crippen LogP contribution in [0.5, 0.6) is 0 Å². The predicted molar refractivity (Wildman–Crippen MR) is 169 cm³/mol. The number of amides is 1. The first-order valence-corrected chi connectivity index (χ1v) is 15.8. The maximum absolute atomic E-state index is 12.7. The first-order chi connectivity index (χ1) is 22.8. The number of fused-ring (bicyclic) bond motifs is 2. The molecule has 2 bridgehead atoms. The number of pyridine rings is 1. The van der Waals surface area contributed by atoms with E-state index in [9.17, 15) is 60.0 Å². The third-order valence-corrected chi connectivity index (χ3v) is 8.82. The molecule has 0 spiro atoms. The summed E-state index contributed by atoms with van der Waals surface area (Å²) in [6, 6.07) is 2.99. The van der Waals surface area contributed by atoms with Crippen LogP contribution in [0, 0.1) is 5.41 Å². The molecular formula is C31H51MnN5O12. The summed E-state index contributed by atoms with van der Waals surface area (Å²) in [7, 11) is 1.80. The van der Waals surface area contributed by atoms with Gasteiger partial charge in [-0.05, 0) is 32.0 Å². The molecule has 279 valence electrons. The molecule has 1 aromatic rings. The van der Waals surface area contributed by atoms with Crippen molar-refractivity contribution in [2.45, 2.75) is 62.8 Å². The number of rotatable bonds is 19. The predicted octanol–water partition coefficient (Wildman–Crippen LogP) is -3.15. The molecule has 49 heavy (non-hydrogen) atoms. The zero-order valence-electron chi connectivity index (χ0n) is 27.8. The average molecular weight is 741 g/mol. The van der Waals surface area contributed by atoms with E-state index in [1.165, 1.54) is 0 Å². The van der Waals surface area contributed by atoms with Crippen molar-refractivity contribution in [3.05, 3.63) is 29.6 Å². The van der Waals surface area contributed by atoms with E-state index in [-0.39, 0.29) is 75.4 Å². The molecular weight excluding hydrogens is 689 g/mol. The van der Waals surface area contributed by atoms with Crippen LogP contribution in [0.4, 0.5) is 0 Å². The minimum atomic E-state index is -1.63. The van der Waals surface area contributed by atoms with Gasteiger partial charge in [0.1, 0.15) is 23.4 Å². The van der Waals surface area contributed by atoms with Crippen LogP contribution in [0.25, 0.3) is 0 Å². The van der Waals surface area contributed by atoms with Gasteiger partial charge < -0.3 is 51.1 Å². The van der Waals surface area contributed by atoms with Crippen molar-refractivity contribution < 1.29 is 77.1 Å². The van der Waals surface area contributed by atoms with Crippen molar-refractivity contribution in [2.24, 2.45) is 5.41 Å². The average Bonchev–Trinajstić information content (AvgIpc) is 3.06. The number of carboxylic acids is 2. The molecule has 0 fully saturated rings. The zero-order valence-corrected chi connectivity index (χ0v) is 29.0. The maximum atomic E-state index is 12.7. The van der Waals surface area contributed by atoms with E-state index in [0.29, 0.717) is 24.5 Å². The minimum absolute atomic E-state index is 0. The van der Waals surface area contributed by atoms with E-state index >= 15 is 0 Å². The van der Waals surface area contributed by atoms with Gasteiger partial charge in [-0.2, -0.15) is 0 Å². The fourth-order valence-corrected chi connectivity index (χ4v) is 5.46. The Balaban J connectivity index is 0.0000120. The number of nitrogens with one attached hydrogen (secondary N) is 1. The first-order valence-electron chi connectivity index (χ1n) is 15.8. The second-order valence-corrected chi connectivity index (χ2v) is 12.6. The number of ketones is 1. The second kappa shape index (κ2) is 21.6. The Kier molecular flexibility index (Phi) is 19.6. The molecule has 2 rings (SSSR count). The van der Waals surface area contributed by atoms with E-state index in [1.54, 1.807) is 35.0 Å². The Bertz CT molecular complexity index is 1100. The summed E-state index contributed by atoms with van der Waals surface area (Å²) in [5.41, 5.74) is -1.98. The fraction of sp³-hybridized carbons (Fsp3) is 0.710. The maximum Gasteiger partial charge on any atom is 0.320 e. The molecule has 0 aromatic carbocycles. The Morgan fingerprint density at radius 2 is 1.20 bits per heavy atom. The molecule has 2 unspecified atom stereocenters. The van der Waals surface area contributed by atoms with Gasteiger partial charge in [-0.25, -0.2) is 0 Å². The molecule has 1 aliphatic rings. The Hall–Kier alpha value is -2.61. The summed E-state index contributed by atoms with van der Waals surface area (Å²) in [6.07, 6.45) is -0.863. The van der Waals surface area contributed by atoms with E-state index in [4.69, 9.17) is 0 Å². The Labute approximate surface area is 296 Å². The van der Waals surface area contributed by atoms with Crippen LogP contribution < -0.4 is 5.32 Å². The van der Waals surface area contributed by atoms with Gasteiger partial charge in [0.25, 0.3) is 0 Å². The molecule has 0 saturated carbocycles. The Morgan fingerprint density at radius 1 is 0.755 bits per heavy atom. The number of aliphatic carboxylic acids is 2.